The molecule has 1 aliphatic rings. The molecule has 1 fully saturated rings. The van der Waals surface area contributed by atoms with E-state index in [2.05, 4.69) is 11.4 Å². The van der Waals surface area contributed by atoms with Crippen molar-refractivity contribution in [2.75, 3.05) is 0 Å². The molecule has 1 amide bonds. The summed E-state index contributed by atoms with van der Waals surface area (Å²) in [5.41, 5.74) is 15.4. The molecule has 3 rings (SSSR count). The van der Waals surface area contributed by atoms with Gasteiger partial charge in [-0.25, -0.2) is 0 Å². The van der Waals surface area contributed by atoms with Crippen molar-refractivity contribution >= 4 is 17.5 Å². The fourth-order valence-corrected chi connectivity index (χ4v) is 3.42. The van der Waals surface area contributed by atoms with Crippen molar-refractivity contribution in [2.45, 2.75) is 45.2 Å². The third-order valence-electron chi connectivity index (χ3n) is 5.76. The maximum atomic E-state index is 12.9. The highest BCUT2D eigenvalue weighted by Gasteiger charge is 2.32. The van der Waals surface area contributed by atoms with E-state index in [1.807, 2.05) is 50.2 Å². The summed E-state index contributed by atoms with van der Waals surface area (Å²) < 4.78 is 0. The van der Waals surface area contributed by atoms with E-state index in [0.717, 1.165) is 35.2 Å². The van der Waals surface area contributed by atoms with Crippen LogP contribution in [0.1, 0.15) is 48.9 Å². The zero-order valence-electron chi connectivity index (χ0n) is 19.1. The number of hydrogen-bond donors (Lipinski definition) is 4. The lowest BCUT2D eigenvalue weighted by atomic mass is 9.86. The smallest absolute Gasteiger partial charge is 0.254 e. The number of amidine groups is 1. The van der Waals surface area contributed by atoms with E-state index in [9.17, 15) is 10.1 Å². The molecule has 0 unspecified atom stereocenters. The predicted octanol–water partition coefficient (Wildman–Crippen LogP) is 3.28. The SMILES string of the molecule is CC(C)(C#N)c1ccc(CN=C(/C(=C\N)C(=O)NCc2ccc(C(=N)N)cc2)C2CC2)cc1. The van der Waals surface area contributed by atoms with Crippen LogP contribution < -0.4 is 16.8 Å². The fraction of sp³-hybridized carbons (Fsp3) is 0.308. The average Bonchev–Trinajstić information content (AvgIpc) is 3.66. The molecule has 7 heteroatoms. The Morgan fingerprint density at radius 2 is 1.79 bits per heavy atom. The summed E-state index contributed by atoms with van der Waals surface area (Å²) in [6, 6.07) is 17.3. The Morgan fingerprint density at radius 3 is 2.30 bits per heavy atom. The van der Waals surface area contributed by atoms with Gasteiger partial charge in [0, 0.05) is 24.2 Å². The van der Waals surface area contributed by atoms with E-state index in [0.29, 0.717) is 24.2 Å². The predicted molar refractivity (Wildman–Crippen MR) is 131 cm³/mol. The number of nitrogen functional groups attached to an aromatic ring is 1. The van der Waals surface area contributed by atoms with Crippen molar-refractivity contribution in [3.05, 3.63) is 82.6 Å². The molecule has 2 aromatic carbocycles. The van der Waals surface area contributed by atoms with Crippen molar-refractivity contribution in [3.8, 4) is 6.07 Å². The first-order valence-electron chi connectivity index (χ1n) is 10.9. The molecule has 0 bridgehead atoms. The largest absolute Gasteiger partial charge is 0.404 e. The summed E-state index contributed by atoms with van der Waals surface area (Å²) in [5.74, 6) is -0.00486. The maximum absolute atomic E-state index is 12.9. The van der Waals surface area contributed by atoms with Crippen LogP contribution in [0.5, 0.6) is 0 Å². The Kier molecular flexibility index (Phi) is 7.29. The Balaban J connectivity index is 1.68. The van der Waals surface area contributed by atoms with Crippen molar-refractivity contribution in [2.24, 2.45) is 22.4 Å². The maximum Gasteiger partial charge on any atom is 0.254 e. The summed E-state index contributed by atoms with van der Waals surface area (Å²) in [7, 11) is 0. The van der Waals surface area contributed by atoms with Crippen LogP contribution in [0, 0.1) is 22.7 Å². The van der Waals surface area contributed by atoms with Crippen LogP contribution in [0.3, 0.4) is 0 Å². The standard InChI is InChI=1S/C26H30N6O/c1-26(2,16-28)21-11-5-18(6-12-21)14-31-23(19-9-10-19)22(13-27)25(33)32-15-17-3-7-20(8-4-17)24(29)30/h3-8,11-13,19H,9-10,14-15,27H2,1-2H3,(H3,29,30)(H,32,33)/b22-13+,31-23?. The molecule has 0 saturated heterocycles. The third kappa shape index (κ3) is 6.07. The number of nitriles is 1. The Labute approximate surface area is 194 Å². The minimum Gasteiger partial charge on any atom is -0.404 e. The summed E-state index contributed by atoms with van der Waals surface area (Å²) in [5, 5.41) is 19.7. The van der Waals surface area contributed by atoms with Crippen LogP contribution >= 0.6 is 0 Å². The molecule has 1 saturated carbocycles. The number of nitrogens with one attached hydrogen (secondary N) is 2. The first kappa shape index (κ1) is 23.7. The molecule has 0 spiro atoms. The highest BCUT2D eigenvalue weighted by molar-refractivity contribution is 6.22. The monoisotopic (exact) mass is 442 g/mol. The lowest BCUT2D eigenvalue weighted by molar-refractivity contribution is -0.117. The van der Waals surface area contributed by atoms with Gasteiger partial charge in [-0.3, -0.25) is 15.2 Å². The average molecular weight is 443 g/mol. The zero-order chi connectivity index (χ0) is 24.0. The van der Waals surface area contributed by atoms with Crippen molar-refractivity contribution < 1.29 is 4.79 Å². The number of hydrogen-bond acceptors (Lipinski definition) is 5. The Bertz CT molecular complexity index is 1120. The van der Waals surface area contributed by atoms with Gasteiger partial charge in [0.1, 0.15) is 5.84 Å². The molecular formula is C26H30N6O. The van der Waals surface area contributed by atoms with Gasteiger partial charge in [-0.05, 0) is 43.4 Å². The van der Waals surface area contributed by atoms with Crippen LogP contribution in [0.25, 0.3) is 0 Å². The number of nitrogens with zero attached hydrogens (tertiary/aromatic N) is 2. The van der Waals surface area contributed by atoms with Gasteiger partial charge in [0.25, 0.3) is 5.91 Å². The summed E-state index contributed by atoms with van der Waals surface area (Å²) in [6.07, 6.45) is 3.32. The second-order valence-electron chi connectivity index (χ2n) is 8.78. The molecule has 170 valence electrons. The number of carbonyl (C=O) groups excluding carboxylic acids is 1. The molecule has 0 aromatic heterocycles. The second-order valence-corrected chi connectivity index (χ2v) is 8.78. The van der Waals surface area contributed by atoms with Crippen LogP contribution in [-0.2, 0) is 23.3 Å². The van der Waals surface area contributed by atoms with Gasteiger partial charge in [-0.15, -0.1) is 0 Å². The molecule has 33 heavy (non-hydrogen) atoms. The van der Waals surface area contributed by atoms with Crippen molar-refractivity contribution in [1.29, 1.82) is 10.7 Å². The first-order valence-corrected chi connectivity index (χ1v) is 10.9. The van der Waals surface area contributed by atoms with Crippen LogP contribution in [0.4, 0.5) is 0 Å². The molecule has 0 radical (unpaired) electrons. The van der Waals surface area contributed by atoms with E-state index in [1.165, 1.54) is 6.20 Å². The number of benzene rings is 2. The lowest BCUT2D eigenvalue weighted by Gasteiger charge is -2.16. The van der Waals surface area contributed by atoms with Gasteiger partial charge < -0.3 is 16.8 Å². The number of rotatable bonds is 9. The molecule has 1 aliphatic carbocycles. The summed E-state index contributed by atoms with van der Waals surface area (Å²) in [4.78, 5) is 17.6. The molecule has 6 N–H and O–H groups in total. The number of carbonyl (C=O) groups is 1. The Morgan fingerprint density at radius 1 is 1.18 bits per heavy atom. The van der Waals surface area contributed by atoms with E-state index in [1.54, 1.807) is 12.1 Å². The number of nitrogens with two attached hydrogens (primary N) is 2. The van der Waals surface area contributed by atoms with E-state index >= 15 is 0 Å². The molecule has 0 heterocycles. The van der Waals surface area contributed by atoms with Crippen LogP contribution in [0.2, 0.25) is 0 Å². The van der Waals surface area contributed by atoms with Gasteiger partial charge in [-0.2, -0.15) is 5.26 Å². The quantitative estimate of drug-likeness (QED) is 0.269. The molecular weight excluding hydrogens is 412 g/mol. The van der Waals surface area contributed by atoms with Crippen LogP contribution in [0.15, 0.2) is 65.3 Å². The topological polar surface area (TPSA) is 141 Å². The van der Waals surface area contributed by atoms with Gasteiger partial charge in [-0.1, -0.05) is 48.5 Å². The molecule has 0 atom stereocenters. The summed E-state index contributed by atoms with van der Waals surface area (Å²) in [6.45, 7) is 4.55. The molecule has 2 aromatic rings. The third-order valence-corrected chi connectivity index (χ3v) is 5.76. The van der Waals surface area contributed by atoms with Crippen LogP contribution in [-0.4, -0.2) is 17.5 Å². The Hall–Kier alpha value is -3.92. The lowest BCUT2D eigenvalue weighted by Crippen LogP contribution is -2.29. The number of aliphatic imine (C=N–C) groups is 1. The minimum atomic E-state index is -0.541. The normalized spacial score (nSPS) is 14.5. The summed E-state index contributed by atoms with van der Waals surface area (Å²) >= 11 is 0. The molecule has 0 aliphatic heterocycles. The van der Waals surface area contributed by atoms with E-state index < -0.39 is 5.41 Å². The van der Waals surface area contributed by atoms with Crippen molar-refractivity contribution in [1.82, 2.24) is 5.32 Å². The van der Waals surface area contributed by atoms with Gasteiger partial charge in [0.15, 0.2) is 0 Å². The number of amides is 1. The van der Waals surface area contributed by atoms with E-state index in [-0.39, 0.29) is 17.7 Å². The first-order chi connectivity index (χ1) is 15.7. The highest BCUT2D eigenvalue weighted by atomic mass is 16.1. The van der Waals surface area contributed by atoms with Gasteiger partial charge >= 0.3 is 0 Å². The molecule has 7 nitrogen and oxygen atoms in total. The fourth-order valence-electron chi connectivity index (χ4n) is 3.42. The van der Waals surface area contributed by atoms with E-state index in [4.69, 9.17) is 21.9 Å². The van der Waals surface area contributed by atoms with Gasteiger partial charge in [0.05, 0.1) is 29.3 Å². The minimum absolute atomic E-state index is 0.00707. The highest BCUT2D eigenvalue weighted by Crippen LogP contribution is 2.34. The van der Waals surface area contributed by atoms with Gasteiger partial charge in [0.2, 0.25) is 0 Å². The van der Waals surface area contributed by atoms with Crippen molar-refractivity contribution in [3.63, 3.8) is 0 Å². The second kappa shape index (κ2) is 10.1. The zero-order valence-corrected chi connectivity index (χ0v) is 19.1.